The molecule has 0 aromatic carbocycles. The molecule has 0 aromatic heterocycles. The van der Waals surface area contributed by atoms with Crippen molar-refractivity contribution in [2.24, 2.45) is 11.5 Å². The predicted molar refractivity (Wildman–Crippen MR) is 31.6 cm³/mol. The van der Waals surface area contributed by atoms with Crippen molar-refractivity contribution < 1.29 is 0 Å². The minimum Gasteiger partial charge on any atom is -0.330 e. The summed E-state index contributed by atoms with van der Waals surface area (Å²) < 4.78 is 0. The van der Waals surface area contributed by atoms with Gasteiger partial charge in [-0.3, -0.25) is 0 Å². The minimum atomic E-state index is 0.213. The van der Waals surface area contributed by atoms with Crippen molar-refractivity contribution in [2.75, 3.05) is 6.54 Å². The van der Waals surface area contributed by atoms with Gasteiger partial charge in [0.15, 0.2) is 0 Å². The van der Waals surface area contributed by atoms with Crippen LogP contribution in [0.25, 0.3) is 0 Å². The number of hydrogen-bond acceptors (Lipinski definition) is 2. The summed E-state index contributed by atoms with van der Waals surface area (Å²) in [6.45, 7) is 4.30. The molecule has 43 valence electrons. The van der Waals surface area contributed by atoms with Gasteiger partial charge in [0, 0.05) is 6.04 Å². The SMILES string of the molecule is [CH2]C[C@@H](N)CCN. The van der Waals surface area contributed by atoms with E-state index in [4.69, 9.17) is 11.5 Å². The Labute approximate surface area is 44.9 Å². The molecule has 1 atom stereocenters. The highest BCUT2D eigenvalue weighted by Crippen LogP contribution is 1.87. The van der Waals surface area contributed by atoms with Crippen molar-refractivity contribution in [1.82, 2.24) is 0 Å². The van der Waals surface area contributed by atoms with E-state index in [1.54, 1.807) is 0 Å². The van der Waals surface area contributed by atoms with Gasteiger partial charge in [-0.05, 0) is 19.4 Å². The maximum atomic E-state index is 5.44. The summed E-state index contributed by atoms with van der Waals surface area (Å²) in [6, 6.07) is 0.213. The maximum absolute atomic E-state index is 5.44. The Balaban J connectivity index is 2.83. The van der Waals surface area contributed by atoms with Crippen LogP contribution >= 0.6 is 0 Å². The molecule has 2 nitrogen and oxygen atoms in total. The monoisotopic (exact) mass is 101 g/mol. The molecule has 0 aromatic rings. The first-order chi connectivity index (χ1) is 3.31. The van der Waals surface area contributed by atoms with Gasteiger partial charge in [-0.1, -0.05) is 6.92 Å². The first-order valence-electron chi connectivity index (χ1n) is 2.56. The third kappa shape index (κ3) is 3.76. The minimum absolute atomic E-state index is 0.213. The van der Waals surface area contributed by atoms with E-state index in [9.17, 15) is 0 Å². The molecule has 0 saturated carbocycles. The summed E-state index contributed by atoms with van der Waals surface area (Å²) in [4.78, 5) is 0. The van der Waals surface area contributed by atoms with Gasteiger partial charge in [-0.25, -0.2) is 0 Å². The van der Waals surface area contributed by atoms with Crippen molar-refractivity contribution in [3.05, 3.63) is 6.92 Å². The predicted octanol–water partition coefficient (Wildman–Crippen LogP) is -0.113. The van der Waals surface area contributed by atoms with Crippen LogP contribution in [-0.4, -0.2) is 12.6 Å². The lowest BCUT2D eigenvalue weighted by atomic mass is 10.2. The molecular weight excluding hydrogens is 88.1 g/mol. The summed E-state index contributed by atoms with van der Waals surface area (Å²) in [6.07, 6.45) is 1.68. The zero-order valence-corrected chi connectivity index (χ0v) is 4.56. The van der Waals surface area contributed by atoms with Gasteiger partial charge in [-0.2, -0.15) is 0 Å². The van der Waals surface area contributed by atoms with Crippen LogP contribution in [-0.2, 0) is 0 Å². The second kappa shape index (κ2) is 4.09. The molecule has 0 bridgehead atoms. The maximum Gasteiger partial charge on any atom is 0.00508 e. The van der Waals surface area contributed by atoms with E-state index >= 15 is 0 Å². The fourth-order valence-corrected chi connectivity index (χ4v) is 0.358. The molecule has 0 rings (SSSR count). The molecule has 0 saturated heterocycles. The Bertz CT molecular complexity index is 37.1. The van der Waals surface area contributed by atoms with E-state index in [0.717, 1.165) is 12.8 Å². The molecule has 0 aliphatic carbocycles. The van der Waals surface area contributed by atoms with Crippen LogP contribution in [0.5, 0.6) is 0 Å². The third-order valence-corrected chi connectivity index (χ3v) is 0.908. The van der Waals surface area contributed by atoms with Gasteiger partial charge in [0.1, 0.15) is 0 Å². The van der Waals surface area contributed by atoms with Gasteiger partial charge in [0.25, 0.3) is 0 Å². The van der Waals surface area contributed by atoms with Crippen LogP contribution in [0.15, 0.2) is 0 Å². The molecule has 2 heteroatoms. The van der Waals surface area contributed by atoms with E-state index in [0.29, 0.717) is 6.54 Å². The first kappa shape index (κ1) is 6.92. The molecule has 0 fully saturated rings. The van der Waals surface area contributed by atoms with Gasteiger partial charge in [0.2, 0.25) is 0 Å². The normalized spacial score (nSPS) is 14.1. The van der Waals surface area contributed by atoms with E-state index in [1.165, 1.54) is 0 Å². The van der Waals surface area contributed by atoms with Crippen LogP contribution in [0, 0.1) is 6.92 Å². The van der Waals surface area contributed by atoms with Gasteiger partial charge >= 0.3 is 0 Å². The summed E-state index contributed by atoms with van der Waals surface area (Å²) >= 11 is 0. The highest BCUT2D eigenvalue weighted by Gasteiger charge is 1.93. The van der Waals surface area contributed by atoms with Crippen molar-refractivity contribution in [1.29, 1.82) is 0 Å². The molecule has 0 unspecified atom stereocenters. The lowest BCUT2D eigenvalue weighted by Gasteiger charge is -2.03. The first-order valence-corrected chi connectivity index (χ1v) is 2.56. The second-order valence-corrected chi connectivity index (χ2v) is 1.63. The van der Waals surface area contributed by atoms with E-state index < -0.39 is 0 Å². The Hall–Kier alpha value is -0.0800. The van der Waals surface area contributed by atoms with Crippen LogP contribution in [0.3, 0.4) is 0 Å². The zero-order chi connectivity index (χ0) is 5.70. The van der Waals surface area contributed by atoms with Crippen LogP contribution < -0.4 is 11.5 Å². The largest absolute Gasteiger partial charge is 0.330 e. The average Bonchev–Trinajstić information content (AvgIpc) is 1.68. The highest BCUT2D eigenvalue weighted by atomic mass is 14.6. The summed E-state index contributed by atoms with van der Waals surface area (Å²) in [5, 5.41) is 0. The van der Waals surface area contributed by atoms with Crippen molar-refractivity contribution in [2.45, 2.75) is 18.9 Å². The molecule has 0 heterocycles. The number of rotatable bonds is 3. The fourth-order valence-electron chi connectivity index (χ4n) is 0.358. The molecule has 7 heavy (non-hydrogen) atoms. The molecule has 0 amide bonds. The van der Waals surface area contributed by atoms with E-state index in [2.05, 4.69) is 6.92 Å². The zero-order valence-electron chi connectivity index (χ0n) is 4.56. The van der Waals surface area contributed by atoms with Gasteiger partial charge < -0.3 is 11.5 Å². The molecule has 1 radical (unpaired) electrons. The van der Waals surface area contributed by atoms with Crippen molar-refractivity contribution >= 4 is 0 Å². The summed E-state index contributed by atoms with van der Waals surface area (Å²) in [5.41, 5.74) is 10.6. The molecule has 0 aliphatic heterocycles. The quantitative estimate of drug-likeness (QED) is 0.521. The lowest BCUT2D eigenvalue weighted by Crippen LogP contribution is -2.22. The smallest absolute Gasteiger partial charge is 0.00508 e. The molecule has 0 aliphatic rings. The lowest BCUT2D eigenvalue weighted by molar-refractivity contribution is 0.628. The average molecular weight is 101 g/mol. The summed E-state index contributed by atoms with van der Waals surface area (Å²) in [5.74, 6) is 0. The Morgan fingerprint density at radius 3 is 2.29 bits per heavy atom. The third-order valence-electron chi connectivity index (χ3n) is 0.908. The number of hydrogen-bond donors (Lipinski definition) is 2. The van der Waals surface area contributed by atoms with E-state index in [1.807, 2.05) is 0 Å². The standard InChI is InChI=1S/C5H13N2/c1-2-5(7)3-4-6/h5H,1-4,6-7H2/t5-/m1/s1. The fraction of sp³-hybridized carbons (Fsp3) is 0.800. The molecular formula is C5H13N2. The van der Waals surface area contributed by atoms with Gasteiger partial charge in [-0.15, -0.1) is 0 Å². The Kier molecular flexibility index (Phi) is 4.04. The number of nitrogens with two attached hydrogens (primary N) is 2. The highest BCUT2D eigenvalue weighted by molar-refractivity contribution is 4.61. The van der Waals surface area contributed by atoms with E-state index in [-0.39, 0.29) is 6.04 Å². The topological polar surface area (TPSA) is 52.0 Å². The summed E-state index contributed by atoms with van der Waals surface area (Å²) in [7, 11) is 0. The Morgan fingerprint density at radius 1 is 1.57 bits per heavy atom. The molecule has 4 N–H and O–H groups in total. The van der Waals surface area contributed by atoms with Crippen molar-refractivity contribution in [3.63, 3.8) is 0 Å². The van der Waals surface area contributed by atoms with Crippen molar-refractivity contribution in [3.8, 4) is 0 Å². The molecule has 0 spiro atoms. The second-order valence-electron chi connectivity index (χ2n) is 1.63. The van der Waals surface area contributed by atoms with Crippen LogP contribution in [0.4, 0.5) is 0 Å². The Morgan fingerprint density at radius 2 is 2.14 bits per heavy atom. The van der Waals surface area contributed by atoms with Gasteiger partial charge in [0.05, 0.1) is 0 Å². The van der Waals surface area contributed by atoms with Crippen LogP contribution in [0.2, 0.25) is 0 Å². The van der Waals surface area contributed by atoms with Crippen LogP contribution in [0.1, 0.15) is 12.8 Å².